The van der Waals surface area contributed by atoms with Crippen LogP contribution in [0.25, 0.3) is 0 Å². The van der Waals surface area contributed by atoms with Crippen LogP contribution in [0, 0.1) is 39.9 Å². The van der Waals surface area contributed by atoms with E-state index in [0.29, 0.717) is 25.7 Å². The second kappa shape index (κ2) is 13.9. The van der Waals surface area contributed by atoms with Crippen LogP contribution in [-0.2, 0) is 19.2 Å². The molecular weight excluding hydrogens is 713 g/mol. The van der Waals surface area contributed by atoms with Crippen molar-refractivity contribution < 1.29 is 39.6 Å². The van der Waals surface area contributed by atoms with Crippen molar-refractivity contribution in [2.75, 3.05) is 0 Å². The van der Waals surface area contributed by atoms with Crippen molar-refractivity contribution in [2.24, 2.45) is 39.9 Å². The summed E-state index contributed by atoms with van der Waals surface area (Å²) < 4.78 is 0. The molecule has 12 heteroatoms. The minimum atomic E-state index is -2.95. The Morgan fingerprint density at radius 1 is 0.411 bits per heavy atom. The minimum absolute atomic E-state index is 0.0668. The lowest BCUT2D eigenvalue weighted by atomic mass is 9.32. The van der Waals surface area contributed by atoms with E-state index in [4.69, 9.17) is 0 Å². The zero-order chi connectivity index (χ0) is 43.3. The quantitative estimate of drug-likeness (QED) is 0.101. The first-order valence-electron chi connectivity index (χ1n) is 20.9. The fourth-order valence-corrected chi connectivity index (χ4v) is 15.0. The maximum absolute atomic E-state index is 15.7. The molecule has 0 aliphatic carbocycles. The standard InChI is InChI=1S/C44H78N4O8/c1-34(2)17-26(18-35(3,4)45-34)42(25-30(49)50,27-19-36(5,6)46-37(7,8)20-27)44(33(55)56,29-23-40(13,14)48-41(15,16)24-29)43(31(51)52,32(53)54)28-21-38(9,10)47-39(11,12)22-28/h26-29,45-48H,17-25H2,1-16H3,(H,49,50)(H,51,52)(H,53,54)(H,55,56). The molecule has 0 aromatic heterocycles. The molecular formula is C44H78N4O8. The molecule has 12 nitrogen and oxygen atoms in total. The Labute approximate surface area is 336 Å². The lowest BCUT2D eigenvalue weighted by Crippen LogP contribution is -2.79. The Morgan fingerprint density at radius 3 is 0.857 bits per heavy atom. The first kappa shape index (κ1) is 46.4. The van der Waals surface area contributed by atoms with Crippen LogP contribution in [0.2, 0.25) is 0 Å². The number of carboxylic acid groups (broad SMARTS) is 4. The molecule has 4 rings (SSSR count). The predicted octanol–water partition coefficient (Wildman–Crippen LogP) is 6.90. The van der Waals surface area contributed by atoms with Gasteiger partial charge in [0, 0.05) is 49.7 Å². The van der Waals surface area contributed by atoms with Gasteiger partial charge in [-0.15, -0.1) is 0 Å². The van der Waals surface area contributed by atoms with Crippen molar-refractivity contribution in [1.29, 1.82) is 0 Å². The zero-order valence-corrected chi connectivity index (χ0v) is 37.6. The molecule has 56 heavy (non-hydrogen) atoms. The molecule has 1 atom stereocenters. The summed E-state index contributed by atoms with van der Waals surface area (Å²) in [6, 6.07) is 0. The van der Waals surface area contributed by atoms with E-state index in [1.807, 2.05) is 111 Å². The molecule has 4 heterocycles. The van der Waals surface area contributed by atoms with Crippen molar-refractivity contribution in [3.8, 4) is 0 Å². The maximum atomic E-state index is 15.7. The number of carbonyl (C=O) groups is 4. The van der Waals surface area contributed by atoms with Crippen molar-refractivity contribution in [2.45, 2.75) is 213 Å². The summed E-state index contributed by atoms with van der Waals surface area (Å²) >= 11 is 0. The summed E-state index contributed by atoms with van der Waals surface area (Å²) in [5.41, 5.74) is -13.0. The number of piperidine rings is 4. The van der Waals surface area contributed by atoms with E-state index in [1.54, 1.807) is 0 Å². The van der Waals surface area contributed by atoms with E-state index in [2.05, 4.69) is 21.3 Å². The topological polar surface area (TPSA) is 197 Å². The number of hydrogen-bond acceptors (Lipinski definition) is 8. The average molecular weight is 791 g/mol. The van der Waals surface area contributed by atoms with Crippen molar-refractivity contribution >= 4 is 23.9 Å². The van der Waals surface area contributed by atoms with Gasteiger partial charge in [0.25, 0.3) is 0 Å². The minimum Gasteiger partial charge on any atom is -0.481 e. The fourth-order valence-electron chi connectivity index (χ4n) is 15.0. The third-order valence-corrected chi connectivity index (χ3v) is 14.3. The molecule has 8 N–H and O–H groups in total. The largest absolute Gasteiger partial charge is 0.481 e. The molecule has 1 unspecified atom stereocenters. The fraction of sp³-hybridized carbons (Fsp3) is 0.909. The Hall–Kier alpha value is -2.28. The molecule has 4 fully saturated rings. The van der Waals surface area contributed by atoms with Gasteiger partial charge < -0.3 is 41.7 Å². The normalized spacial score (nSPS) is 28.8. The Balaban J connectivity index is 2.44. The molecule has 0 amide bonds. The van der Waals surface area contributed by atoms with E-state index < -0.39 is 115 Å². The van der Waals surface area contributed by atoms with Gasteiger partial charge in [0.15, 0.2) is 5.41 Å². The number of rotatable bonds is 11. The van der Waals surface area contributed by atoms with Gasteiger partial charge in [0.2, 0.25) is 0 Å². The number of aliphatic carboxylic acids is 4. The monoisotopic (exact) mass is 791 g/mol. The van der Waals surface area contributed by atoms with Gasteiger partial charge in [0.1, 0.15) is 5.41 Å². The molecule has 0 aromatic rings. The van der Waals surface area contributed by atoms with E-state index in [-0.39, 0.29) is 25.7 Å². The van der Waals surface area contributed by atoms with Crippen LogP contribution in [0.3, 0.4) is 0 Å². The van der Waals surface area contributed by atoms with Crippen LogP contribution < -0.4 is 21.3 Å². The molecule has 0 bridgehead atoms. The van der Waals surface area contributed by atoms with Crippen molar-refractivity contribution in [3.05, 3.63) is 0 Å². The highest BCUT2D eigenvalue weighted by atomic mass is 16.4. The van der Waals surface area contributed by atoms with E-state index in [0.717, 1.165) is 0 Å². The molecule has 4 aliphatic heterocycles. The molecule has 0 radical (unpaired) electrons. The van der Waals surface area contributed by atoms with Crippen LogP contribution in [0.4, 0.5) is 0 Å². The van der Waals surface area contributed by atoms with Crippen LogP contribution in [0.15, 0.2) is 0 Å². The van der Waals surface area contributed by atoms with Gasteiger partial charge in [0.05, 0.1) is 6.42 Å². The highest BCUT2D eigenvalue weighted by Crippen LogP contribution is 2.74. The highest BCUT2D eigenvalue weighted by molar-refractivity contribution is 6.05. The van der Waals surface area contributed by atoms with Gasteiger partial charge in [-0.1, -0.05) is 0 Å². The number of nitrogens with one attached hydrogen (secondary N) is 4. The van der Waals surface area contributed by atoms with E-state index >= 15 is 14.4 Å². The summed E-state index contributed by atoms with van der Waals surface area (Å²) in [6.45, 7) is 31.7. The molecule has 4 aliphatic rings. The summed E-state index contributed by atoms with van der Waals surface area (Å²) in [4.78, 5) is 59.9. The van der Waals surface area contributed by atoms with Gasteiger partial charge in [-0.05, 0) is 186 Å². The number of carboxylic acids is 4. The van der Waals surface area contributed by atoms with Gasteiger partial charge in [-0.3, -0.25) is 19.2 Å². The molecule has 0 saturated carbocycles. The lowest BCUT2D eigenvalue weighted by Gasteiger charge is -2.70. The smallest absolute Gasteiger partial charge is 0.322 e. The molecule has 322 valence electrons. The Bertz CT molecular complexity index is 1460. The van der Waals surface area contributed by atoms with E-state index in [1.165, 1.54) is 0 Å². The van der Waals surface area contributed by atoms with Crippen LogP contribution in [0.5, 0.6) is 0 Å². The summed E-state index contributed by atoms with van der Waals surface area (Å²) in [6.07, 6.45) is 1.06. The van der Waals surface area contributed by atoms with Gasteiger partial charge >= 0.3 is 23.9 Å². The maximum Gasteiger partial charge on any atom is 0.322 e. The van der Waals surface area contributed by atoms with Crippen molar-refractivity contribution in [1.82, 2.24) is 21.3 Å². The Kier molecular flexibility index (Phi) is 11.5. The Morgan fingerprint density at radius 2 is 0.643 bits per heavy atom. The second-order valence-corrected chi connectivity index (χ2v) is 24.1. The third kappa shape index (κ3) is 8.29. The molecule has 4 saturated heterocycles. The number of hydrogen-bond donors (Lipinski definition) is 8. The first-order valence-corrected chi connectivity index (χ1v) is 20.9. The third-order valence-electron chi connectivity index (χ3n) is 14.3. The zero-order valence-electron chi connectivity index (χ0n) is 37.6. The van der Waals surface area contributed by atoms with Gasteiger partial charge in [-0.25, -0.2) is 0 Å². The highest BCUT2D eigenvalue weighted by Gasteiger charge is 2.83. The lowest BCUT2D eigenvalue weighted by molar-refractivity contribution is -0.256. The molecule has 0 aromatic carbocycles. The van der Waals surface area contributed by atoms with Crippen LogP contribution >= 0.6 is 0 Å². The predicted molar refractivity (Wildman–Crippen MR) is 219 cm³/mol. The SMILES string of the molecule is CC1(C)CC(C(C(=O)O)(C(=O)O)C(C(=O)O)(C2CC(C)(C)NC(C)(C)C2)C(CC(=O)O)(C2CC(C)(C)NC(C)(C)C2)C2CC(C)(C)NC(C)(C)C2)CC(C)(C)N1. The second-order valence-electron chi connectivity index (χ2n) is 24.1. The van der Waals surface area contributed by atoms with Gasteiger partial charge in [-0.2, -0.15) is 0 Å². The summed E-state index contributed by atoms with van der Waals surface area (Å²) in [5.74, 6) is -9.79. The van der Waals surface area contributed by atoms with Crippen LogP contribution in [-0.4, -0.2) is 88.6 Å². The van der Waals surface area contributed by atoms with Crippen LogP contribution in [0.1, 0.15) is 169 Å². The summed E-state index contributed by atoms with van der Waals surface area (Å²) in [7, 11) is 0. The summed E-state index contributed by atoms with van der Waals surface area (Å²) in [5, 5.41) is 63.4. The average Bonchev–Trinajstić information content (AvgIpc) is 2.86. The van der Waals surface area contributed by atoms with Crippen molar-refractivity contribution in [3.63, 3.8) is 0 Å². The molecule has 0 spiro atoms. The van der Waals surface area contributed by atoms with E-state index in [9.17, 15) is 25.2 Å². The first-order chi connectivity index (χ1) is 24.8.